The summed E-state index contributed by atoms with van der Waals surface area (Å²) >= 11 is 0. The van der Waals surface area contributed by atoms with E-state index in [0.717, 1.165) is 12.1 Å². The molecule has 0 saturated carbocycles. The molecule has 0 aliphatic carbocycles. The molecular weight excluding hydrogens is 307 g/mol. The summed E-state index contributed by atoms with van der Waals surface area (Å²) in [5.41, 5.74) is -0.356. The van der Waals surface area contributed by atoms with Gasteiger partial charge in [-0.25, -0.2) is 9.18 Å². The van der Waals surface area contributed by atoms with Crippen molar-refractivity contribution in [3.63, 3.8) is 0 Å². The van der Waals surface area contributed by atoms with E-state index in [1.807, 2.05) is 0 Å². The number of benzene rings is 2. The summed E-state index contributed by atoms with van der Waals surface area (Å²) in [6, 6.07) is 7.69. The highest BCUT2D eigenvalue weighted by Gasteiger charge is 2.20. The molecule has 23 heavy (non-hydrogen) atoms. The third-order valence-electron chi connectivity index (χ3n) is 3.11. The van der Waals surface area contributed by atoms with Crippen LogP contribution in [0.4, 0.5) is 4.39 Å². The molecule has 8 heteroatoms. The highest BCUT2D eigenvalue weighted by molar-refractivity contribution is 5.91. The van der Waals surface area contributed by atoms with Crippen molar-refractivity contribution in [3.05, 3.63) is 47.8 Å². The van der Waals surface area contributed by atoms with Gasteiger partial charge in [0.25, 0.3) is 5.89 Å². The number of carboxylic acid groups (broad SMARTS) is 1. The monoisotopic (exact) mass is 316 g/mol. The Morgan fingerprint density at radius 3 is 2.57 bits per heavy atom. The predicted octanol–water partition coefficient (Wildman–Crippen LogP) is 2.65. The maximum Gasteiger partial charge on any atom is 0.335 e. The second-order valence-corrected chi connectivity index (χ2v) is 4.60. The highest BCUT2D eigenvalue weighted by atomic mass is 19.1. The van der Waals surface area contributed by atoms with Crippen molar-refractivity contribution in [2.75, 3.05) is 0 Å². The molecule has 0 bridgehead atoms. The van der Waals surface area contributed by atoms with E-state index in [1.54, 1.807) is 6.07 Å². The molecule has 116 valence electrons. The van der Waals surface area contributed by atoms with Gasteiger partial charge in [0, 0.05) is 0 Å². The lowest BCUT2D eigenvalue weighted by atomic mass is 10.1. The first-order valence-electron chi connectivity index (χ1n) is 6.35. The van der Waals surface area contributed by atoms with Crippen molar-refractivity contribution >= 4 is 5.97 Å². The number of phenols is 2. The fourth-order valence-corrected chi connectivity index (χ4v) is 1.99. The van der Waals surface area contributed by atoms with Crippen molar-refractivity contribution in [1.82, 2.24) is 10.1 Å². The molecule has 7 nitrogen and oxygen atoms in total. The Morgan fingerprint density at radius 1 is 1.13 bits per heavy atom. The van der Waals surface area contributed by atoms with E-state index in [0.29, 0.717) is 0 Å². The Labute approximate surface area is 128 Å². The number of carbonyl (C=O) groups is 1. The first kappa shape index (κ1) is 14.5. The van der Waals surface area contributed by atoms with E-state index in [4.69, 9.17) is 9.63 Å². The van der Waals surface area contributed by atoms with Gasteiger partial charge in [0.2, 0.25) is 5.82 Å². The van der Waals surface area contributed by atoms with Gasteiger partial charge in [-0.05, 0) is 24.3 Å². The molecule has 3 N–H and O–H groups in total. The van der Waals surface area contributed by atoms with Crippen LogP contribution in [0.15, 0.2) is 40.9 Å². The number of aromatic carboxylic acids is 1. The molecule has 0 atom stereocenters. The van der Waals surface area contributed by atoms with E-state index in [1.165, 1.54) is 18.2 Å². The Balaban J connectivity index is 2.11. The van der Waals surface area contributed by atoms with Gasteiger partial charge < -0.3 is 19.8 Å². The minimum Gasteiger partial charge on any atom is -0.504 e. The summed E-state index contributed by atoms with van der Waals surface area (Å²) in [4.78, 5) is 14.9. The molecule has 0 fully saturated rings. The van der Waals surface area contributed by atoms with Crippen LogP contribution in [0.25, 0.3) is 22.8 Å². The van der Waals surface area contributed by atoms with Crippen LogP contribution in [0.3, 0.4) is 0 Å². The minimum atomic E-state index is -1.31. The molecule has 2 aromatic carbocycles. The Hall–Kier alpha value is -3.42. The van der Waals surface area contributed by atoms with E-state index < -0.39 is 23.3 Å². The van der Waals surface area contributed by atoms with Crippen LogP contribution in [0.2, 0.25) is 0 Å². The fraction of sp³-hybridized carbons (Fsp3) is 0. The van der Waals surface area contributed by atoms with Crippen LogP contribution in [0.1, 0.15) is 10.4 Å². The van der Waals surface area contributed by atoms with Crippen LogP contribution in [-0.2, 0) is 0 Å². The number of hydrogen-bond acceptors (Lipinski definition) is 6. The lowest BCUT2D eigenvalue weighted by Crippen LogP contribution is -1.97. The second kappa shape index (κ2) is 5.41. The van der Waals surface area contributed by atoms with E-state index >= 15 is 0 Å². The zero-order valence-electron chi connectivity index (χ0n) is 11.4. The van der Waals surface area contributed by atoms with Gasteiger partial charge >= 0.3 is 5.97 Å². The van der Waals surface area contributed by atoms with Crippen molar-refractivity contribution in [3.8, 4) is 34.3 Å². The summed E-state index contributed by atoms with van der Waals surface area (Å²) in [6.07, 6.45) is 0. The molecule has 1 heterocycles. The molecule has 0 radical (unpaired) electrons. The lowest BCUT2D eigenvalue weighted by molar-refractivity contribution is 0.0696. The number of halogens is 1. The van der Waals surface area contributed by atoms with E-state index in [-0.39, 0.29) is 28.4 Å². The van der Waals surface area contributed by atoms with E-state index in [9.17, 15) is 19.4 Å². The average Bonchev–Trinajstić information content (AvgIpc) is 2.99. The molecule has 0 spiro atoms. The number of hydrogen-bond donors (Lipinski definition) is 3. The van der Waals surface area contributed by atoms with Gasteiger partial charge in [-0.1, -0.05) is 17.3 Å². The first-order valence-corrected chi connectivity index (χ1v) is 6.35. The van der Waals surface area contributed by atoms with Crippen LogP contribution in [0.5, 0.6) is 11.5 Å². The van der Waals surface area contributed by atoms with Gasteiger partial charge in [-0.3, -0.25) is 0 Å². The van der Waals surface area contributed by atoms with Crippen molar-refractivity contribution < 1.29 is 29.0 Å². The number of aromatic nitrogens is 2. The van der Waals surface area contributed by atoms with Crippen LogP contribution < -0.4 is 0 Å². The summed E-state index contributed by atoms with van der Waals surface area (Å²) in [6.45, 7) is 0. The quantitative estimate of drug-likeness (QED) is 0.636. The normalized spacial score (nSPS) is 10.7. The van der Waals surface area contributed by atoms with Crippen molar-refractivity contribution in [1.29, 1.82) is 0 Å². The molecule has 0 unspecified atom stereocenters. The standard InChI is InChI=1S/C15H9FN2O5/c16-10-4-2-1-3-8(10)14-17-13(18-23-14)9-5-7(15(21)22)6-11(19)12(9)20/h1-6,19-20H,(H,21,22). The van der Waals surface area contributed by atoms with Crippen molar-refractivity contribution in [2.45, 2.75) is 0 Å². The fourth-order valence-electron chi connectivity index (χ4n) is 1.99. The van der Waals surface area contributed by atoms with Crippen molar-refractivity contribution in [2.24, 2.45) is 0 Å². The molecule has 0 aliphatic heterocycles. The number of rotatable bonds is 3. The SMILES string of the molecule is O=C(O)c1cc(O)c(O)c(-c2noc(-c3ccccc3F)n2)c1. The highest BCUT2D eigenvalue weighted by Crippen LogP contribution is 2.37. The number of nitrogens with zero attached hydrogens (tertiary/aromatic N) is 2. The van der Waals surface area contributed by atoms with Crippen LogP contribution in [0, 0.1) is 5.82 Å². The summed E-state index contributed by atoms with van der Waals surface area (Å²) < 4.78 is 18.6. The van der Waals surface area contributed by atoms with Gasteiger partial charge in [0.1, 0.15) is 5.82 Å². The maximum absolute atomic E-state index is 13.7. The number of phenolic OH excluding ortho intramolecular Hbond substituents is 2. The van der Waals surface area contributed by atoms with Crippen LogP contribution >= 0.6 is 0 Å². The Morgan fingerprint density at radius 2 is 1.87 bits per heavy atom. The summed E-state index contributed by atoms with van der Waals surface area (Å²) in [7, 11) is 0. The zero-order chi connectivity index (χ0) is 16.6. The maximum atomic E-state index is 13.7. The zero-order valence-corrected chi connectivity index (χ0v) is 11.4. The molecular formula is C15H9FN2O5. The molecule has 0 amide bonds. The Kier molecular flexibility index (Phi) is 3.41. The van der Waals surface area contributed by atoms with Gasteiger partial charge in [0.05, 0.1) is 16.7 Å². The lowest BCUT2D eigenvalue weighted by Gasteiger charge is -2.04. The molecule has 1 aromatic heterocycles. The third-order valence-corrected chi connectivity index (χ3v) is 3.11. The molecule has 3 rings (SSSR count). The average molecular weight is 316 g/mol. The second-order valence-electron chi connectivity index (χ2n) is 4.60. The molecule has 0 aliphatic rings. The first-order chi connectivity index (χ1) is 11.0. The van der Waals surface area contributed by atoms with E-state index in [2.05, 4.69) is 10.1 Å². The topological polar surface area (TPSA) is 117 Å². The minimum absolute atomic E-state index is 0.0596. The van der Waals surface area contributed by atoms with Gasteiger partial charge in [0.15, 0.2) is 11.5 Å². The largest absolute Gasteiger partial charge is 0.504 e. The van der Waals surface area contributed by atoms with Gasteiger partial charge in [-0.15, -0.1) is 0 Å². The molecule has 3 aromatic rings. The number of aromatic hydroxyl groups is 2. The smallest absolute Gasteiger partial charge is 0.335 e. The van der Waals surface area contributed by atoms with Gasteiger partial charge in [-0.2, -0.15) is 4.98 Å². The Bertz CT molecular complexity index is 907. The van der Waals surface area contributed by atoms with Crippen LogP contribution in [-0.4, -0.2) is 31.4 Å². The summed E-state index contributed by atoms with van der Waals surface area (Å²) in [5, 5.41) is 32.0. The third kappa shape index (κ3) is 2.57. The summed E-state index contributed by atoms with van der Waals surface area (Å²) in [5.74, 6) is -3.45. The predicted molar refractivity (Wildman–Crippen MR) is 75.4 cm³/mol. The molecule has 0 saturated heterocycles. The number of carboxylic acids is 1.